The van der Waals surface area contributed by atoms with E-state index < -0.39 is 0 Å². The highest BCUT2D eigenvalue weighted by atomic mass is 16.5. The van der Waals surface area contributed by atoms with Crippen molar-refractivity contribution in [1.82, 2.24) is 5.32 Å². The molecule has 1 atom stereocenters. The predicted molar refractivity (Wildman–Crippen MR) is 70.7 cm³/mol. The van der Waals surface area contributed by atoms with Crippen molar-refractivity contribution in [2.45, 2.75) is 37.5 Å². The van der Waals surface area contributed by atoms with Gasteiger partial charge in [-0.3, -0.25) is 0 Å². The summed E-state index contributed by atoms with van der Waals surface area (Å²) >= 11 is 0. The molecule has 1 aromatic rings. The molecular formula is C15H21NO2. The molecule has 0 saturated heterocycles. The summed E-state index contributed by atoms with van der Waals surface area (Å²) in [6.07, 6.45) is 3.98. The first-order valence-corrected chi connectivity index (χ1v) is 6.82. The molecule has 3 rings (SSSR count). The minimum absolute atomic E-state index is 0.219. The number of rotatable bonds is 4. The van der Waals surface area contributed by atoms with Crippen LogP contribution in [0, 0.1) is 0 Å². The average Bonchev–Trinajstić information content (AvgIpc) is 2.37. The van der Waals surface area contributed by atoms with E-state index in [4.69, 9.17) is 9.47 Å². The number of methoxy groups -OCH3 is 1. The summed E-state index contributed by atoms with van der Waals surface area (Å²) in [5.41, 5.74) is 2.80. The van der Waals surface area contributed by atoms with Crippen LogP contribution in [0.5, 0.6) is 0 Å². The quantitative estimate of drug-likeness (QED) is 0.883. The van der Waals surface area contributed by atoms with Gasteiger partial charge in [0.1, 0.15) is 0 Å². The molecule has 1 aliphatic heterocycles. The Labute approximate surface area is 108 Å². The topological polar surface area (TPSA) is 30.5 Å². The Hall–Kier alpha value is -0.900. The summed E-state index contributed by atoms with van der Waals surface area (Å²) in [5, 5.41) is 3.59. The average molecular weight is 247 g/mol. The molecule has 1 aromatic carbocycles. The third kappa shape index (κ3) is 2.44. The molecule has 0 radical (unpaired) electrons. The number of ether oxygens (including phenoxy) is 2. The molecule has 1 unspecified atom stereocenters. The second kappa shape index (κ2) is 5.39. The lowest BCUT2D eigenvalue weighted by Gasteiger charge is -2.36. The Morgan fingerprint density at radius 3 is 3.00 bits per heavy atom. The van der Waals surface area contributed by atoms with Gasteiger partial charge in [0.05, 0.1) is 18.8 Å². The van der Waals surface area contributed by atoms with Crippen LogP contribution in [-0.4, -0.2) is 32.4 Å². The Balaban J connectivity index is 1.55. The van der Waals surface area contributed by atoms with Gasteiger partial charge in [-0.25, -0.2) is 0 Å². The molecule has 0 spiro atoms. The monoisotopic (exact) mass is 247 g/mol. The van der Waals surface area contributed by atoms with Crippen molar-refractivity contribution in [3.05, 3.63) is 35.4 Å². The van der Waals surface area contributed by atoms with E-state index in [1.165, 1.54) is 11.1 Å². The molecule has 0 aromatic heterocycles. The van der Waals surface area contributed by atoms with E-state index in [2.05, 4.69) is 29.6 Å². The first kappa shape index (κ1) is 12.2. The van der Waals surface area contributed by atoms with Gasteiger partial charge in [-0.15, -0.1) is 0 Å². The van der Waals surface area contributed by atoms with E-state index in [-0.39, 0.29) is 6.10 Å². The number of nitrogens with one attached hydrogen (secondary N) is 1. The molecule has 1 heterocycles. The van der Waals surface area contributed by atoms with Gasteiger partial charge < -0.3 is 14.8 Å². The van der Waals surface area contributed by atoms with Crippen LogP contribution in [0.3, 0.4) is 0 Å². The Morgan fingerprint density at radius 1 is 1.33 bits per heavy atom. The van der Waals surface area contributed by atoms with Crippen molar-refractivity contribution >= 4 is 0 Å². The van der Waals surface area contributed by atoms with E-state index in [0.717, 1.165) is 32.4 Å². The fourth-order valence-electron chi connectivity index (χ4n) is 2.84. The summed E-state index contributed by atoms with van der Waals surface area (Å²) in [4.78, 5) is 0. The maximum Gasteiger partial charge on any atom is 0.0952 e. The molecule has 1 fully saturated rings. The van der Waals surface area contributed by atoms with Crippen molar-refractivity contribution in [3.63, 3.8) is 0 Å². The van der Waals surface area contributed by atoms with E-state index >= 15 is 0 Å². The Kier molecular flexibility index (Phi) is 3.64. The molecule has 1 aliphatic carbocycles. The summed E-state index contributed by atoms with van der Waals surface area (Å²) < 4.78 is 11.2. The van der Waals surface area contributed by atoms with Gasteiger partial charge in [-0.1, -0.05) is 24.3 Å². The highest BCUT2D eigenvalue weighted by Gasteiger charge is 2.30. The highest BCUT2D eigenvalue weighted by Crippen LogP contribution is 2.28. The Bertz CT molecular complexity index is 401. The number of benzene rings is 1. The molecule has 98 valence electrons. The molecular weight excluding hydrogens is 226 g/mol. The molecule has 18 heavy (non-hydrogen) atoms. The van der Waals surface area contributed by atoms with Gasteiger partial charge in [0.2, 0.25) is 0 Å². The van der Waals surface area contributed by atoms with Gasteiger partial charge in [0.25, 0.3) is 0 Å². The SMILES string of the molecule is COC1CC(NCC2OCCc3ccccc32)C1. The lowest BCUT2D eigenvalue weighted by molar-refractivity contribution is 0.00330. The van der Waals surface area contributed by atoms with Gasteiger partial charge in [0.15, 0.2) is 0 Å². The fourth-order valence-corrected chi connectivity index (χ4v) is 2.84. The minimum Gasteiger partial charge on any atom is -0.381 e. The van der Waals surface area contributed by atoms with E-state index in [9.17, 15) is 0 Å². The van der Waals surface area contributed by atoms with Crippen LogP contribution in [-0.2, 0) is 15.9 Å². The summed E-state index contributed by atoms with van der Waals surface area (Å²) in [5.74, 6) is 0. The number of fused-ring (bicyclic) bond motifs is 1. The Morgan fingerprint density at radius 2 is 2.17 bits per heavy atom. The smallest absolute Gasteiger partial charge is 0.0952 e. The zero-order valence-corrected chi connectivity index (χ0v) is 10.9. The van der Waals surface area contributed by atoms with Gasteiger partial charge in [-0.2, -0.15) is 0 Å². The zero-order chi connectivity index (χ0) is 12.4. The van der Waals surface area contributed by atoms with E-state index in [0.29, 0.717) is 12.1 Å². The largest absolute Gasteiger partial charge is 0.381 e. The second-order valence-corrected chi connectivity index (χ2v) is 5.24. The highest BCUT2D eigenvalue weighted by molar-refractivity contribution is 5.31. The first-order valence-electron chi connectivity index (χ1n) is 6.82. The van der Waals surface area contributed by atoms with Crippen LogP contribution in [0.2, 0.25) is 0 Å². The lowest BCUT2D eigenvalue weighted by Crippen LogP contribution is -2.46. The molecule has 3 nitrogen and oxygen atoms in total. The second-order valence-electron chi connectivity index (χ2n) is 5.24. The van der Waals surface area contributed by atoms with Crippen LogP contribution < -0.4 is 5.32 Å². The van der Waals surface area contributed by atoms with Crippen molar-refractivity contribution < 1.29 is 9.47 Å². The van der Waals surface area contributed by atoms with Crippen LogP contribution in [0.4, 0.5) is 0 Å². The molecule has 0 amide bonds. The van der Waals surface area contributed by atoms with E-state index in [1.54, 1.807) is 7.11 Å². The third-order valence-corrected chi connectivity index (χ3v) is 4.11. The fraction of sp³-hybridized carbons (Fsp3) is 0.600. The third-order valence-electron chi connectivity index (χ3n) is 4.11. The summed E-state index contributed by atoms with van der Waals surface area (Å²) in [6.45, 7) is 1.76. The van der Waals surface area contributed by atoms with Crippen LogP contribution >= 0.6 is 0 Å². The van der Waals surface area contributed by atoms with Crippen molar-refractivity contribution in [3.8, 4) is 0 Å². The van der Waals surface area contributed by atoms with Crippen LogP contribution in [0.1, 0.15) is 30.1 Å². The molecule has 0 bridgehead atoms. The minimum atomic E-state index is 0.219. The van der Waals surface area contributed by atoms with Crippen molar-refractivity contribution in [2.75, 3.05) is 20.3 Å². The lowest BCUT2D eigenvalue weighted by atomic mass is 9.89. The molecule has 3 heteroatoms. The molecule has 1 saturated carbocycles. The summed E-state index contributed by atoms with van der Waals surface area (Å²) in [6, 6.07) is 9.23. The van der Waals surface area contributed by atoms with Crippen LogP contribution in [0.25, 0.3) is 0 Å². The normalized spacial score (nSPS) is 30.6. The standard InChI is InChI=1S/C15H21NO2/c1-17-13-8-12(9-13)16-10-15-14-5-3-2-4-11(14)6-7-18-15/h2-5,12-13,15-16H,6-10H2,1H3. The molecule has 1 N–H and O–H groups in total. The predicted octanol–water partition coefficient (Wildman–Crippen LogP) is 2.07. The van der Waals surface area contributed by atoms with Gasteiger partial charge >= 0.3 is 0 Å². The summed E-state index contributed by atoms with van der Waals surface area (Å²) in [7, 11) is 1.79. The van der Waals surface area contributed by atoms with Crippen LogP contribution in [0.15, 0.2) is 24.3 Å². The van der Waals surface area contributed by atoms with Crippen molar-refractivity contribution in [2.24, 2.45) is 0 Å². The van der Waals surface area contributed by atoms with Crippen molar-refractivity contribution in [1.29, 1.82) is 0 Å². The maximum atomic E-state index is 5.88. The molecule has 2 aliphatic rings. The first-order chi connectivity index (χ1) is 8.86. The van der Waals surface area contributed by atoms with E-state index in [1.807, 2.05) is 0 Å². The van der Waals surface area contributed by atoms with Gasteiger partial charge in [-0.05, 0) is 30.4 Å². The van der Waals surface area contributed by atoms with Gasteiger partial charge in [0, 0.05) is 19.7 Å². The number of hydrogen-bond acceptors (Lipinski definition) is 3. The number of hydrogen-bond donors (Lipinski definition) is 1. The maximum absolute atomic E-state index is 5.88. The zero-order valence-electron chi connectivity index (χ0n) is 10.9.